The van der Waals surface area contributed by atoms with Crippen LogP contribution in [0.5, 0.6) is 0 Å². The minimum Gasteiger partial charge on any atom is -0.259 e. The number of nitrogens with zero attached hydrogens (tertiary/aromatic N) is 4. The van der Waals surface area contributed by atoms with Gasteiger partial charge in [0.1, 0.15) is 0 Å². The second-order valence-corrected chi connectivity index (χ2v) is 4.75. The monoisotopic (exact) mass is 238 g/mol. The lowest BCUT2D eigenvalue weighted by atomic mass is 10.5. The molecule has 16 heavy (non-hydrogen) atoms. The first kappa shape index (κ1) is 11.2. The Balaban J connectivity index is 2.13. The van der Waals surface area contributed by atoms with E-state index in [4.69, 9.17) is 0 Å². The minimum atomic E-state index is -0.0844. The van der Waals surface area contributed by atoms with Gasteiger partial charge in [0, 0.05) is 18.9 Å². The molecule has 0 saturated carbocycles. The van der Waals surface area contributed by atoms with Crippen LogP contribution in [0, 0.1) is 0 Å². The van der Waals surface area contributed by atoms with Gasteiger partial charge in [-0.3, -0.25) is 4.98 Å². The molecule has 0 amide bonds. The highest BCUT2D eigenvalue weighted by Gasteiger charge is 2.05. The zero-order chi connectivity index (χ0) is 11.4. The van der Waals surface area contributed by atoms with Gasteiger partial charge in [-0.1, -0.05) is 6.92 Å². The fraction of sp³-hybridized carbons (Fsp3) is 0.500. The number of fused-ring (bicyclic) bond motifs is 1. The fourth-order valence-electron chi connectivity index (χ4n) is 1.49. The summed E-state index contributed by atoms with van der Waals surface area (Å²) in [6.07, 6.45) is 5.80. The highest BCUT2D eigenvalue weighted by molar-refractivity contribution is 7.99. The number of aryl methyl sites for hydroxylation is 1. The van der Waals surface area contributed by atoms with Crippen LogP contribution in [0.1, 0.15) is 13.3 Å². The highest BCUT2D eigenvalue weighted by Crippen LogP contribution is 2.01. The fourth-order valence-corrected chi connectivity index (χ4v) is 2.11. The Bertz CT molecular complexity index is 519. The van der Waals surface area contributed by atoms with Crippen molar-refractivity contribution >= 4 is 17.4 Å². The number of rotatable bonds is 5. The van der Waals surface area contributed by atoms with Gasteiger partial charge in [-0.05, 0) is 17.9 Å². The van der Waals surface area contributed by atoms with E-state index in [0.717, 1.165) is 17.9 Å². The summed E-state index contributed by atoms with van der Waals surface area (Å²) in [6.45, 7) is 2.81. The lowest BCUT2D eigenvalue weighted by Gasteiger charge is -1.98. The van der Waals surface area contributed by atoms with Gasteiger partial charge >= 0.3 is 5.69 Å². The summed E-state index contributed by atoms with van der Waals surface area (Å²) in [7, 11) is 0. The molecule has 0 saturated heterocycles. The lowest BCUT2D eigenvalue weighted by Crippen LogP contribution is -2.21. The van der Waals surface area contributed by atoms with Gasteiger partial charge < -0.3 is 0 Å². The molecule has 2 rings (SSSR count). The molecular formula is C10H14N4OS. The molecule has 0 unspecified atom stereocenters. The Labute approximate surface area is 97.5 Å². The molecule has 0 aliphatic carbocycles. The topological polar surface area (TPSA) is 52.2 Å². The number of hydrogen-bond acceptors (Lipinski definition) is 4. The molecule has 6 heteroatoms. The molecule has 0 fully saturated rings. The number of thioether (sulfide) groups is 1. The molecule has 2 heterocycles. The van der Waals surface area contributed by atoms with E-state index in [1.807, 2.05) is 11.8 Å². The van der Waals surface area contributed by atoms with E-state index >= 15 is 0 Å². The van der Waals surface area contributed by atoms with Crippen molar-refractivity contribution in [2.75, 3.05) is 11.5 Å². The van der Waals surface area contributed by atoms with E-state index in [1.54, 1.807) is 18.6 Å². The van der Waals surface area contributed by atoms with Crippen LogP contribution < -0.4 is 5.69 Å². The molecule has 0 spiro atoms. The molecule has 5 nitrogen and oxygen atoms in total. The Morgan fingerprint density at radius 3 is 3.12 bits per heavy atom. The van der Waals surface area contributed by atoms with Gasteiger partial charge in [0.15, 0.2) is 5.65 Å². The summed E-state index contributed by atoms with van der Waals surface area (Å²) in [5.41, 5.74) is 0.523. The first-order chi connectivity index (χ1) is 7.83. The lowest BCUT2D eigenvalue weighted by molar-refractivity contribution is 0.585. The van der Waals surface area contributed by atoms with Crippen LogP contribution in [-0.4, -0.2) is 30.7 Å². The number of hydrogen-bond donors (Lipinski definition) is 0. The molecule has 2 aromatic heterocycles. The van der Waals surface area contributed by atoms with Gasteiger partial charge in [-0.15, -0.1) is 5.10 Å². The summed E-state index contributed by atoms with van der Waals surface area (Å²) in [6, 6.07) is 0. The van der Waals surface area contributed by atoms with Crippen molar-refractivity contribution in [2.45, 2.75) is 19.9 Å². The molecule has 0 radical (unpaired) electrons. The average Bonchev–Trinajstić information content (AvgIpc) is 2.63. The molecule has 0 atom stereocenters. The van der Waals surface area contributed by atoms with Crippen LogP contribution >= 0.6 is 11.8 Å². The molecule has 0 aliphatic heterocycles. The van der Waals surface area contributed by atoms with Crippen LogP contribution in [0.4, 0.5) is 0 Å². The third-order valence-electron chi connectivity index (χ3n) is 2.25. The van der Waals surface area contributed by atoms with E-state index in [-0.39, 0.29) is 5.69 Å². The molecular weight excluding hydrogens is 224 g/mol. The molecule has 0 bridgehead atoms. The summed E-state index contributed by atoms with van der Waals surface area (Å²) >= 11 is 1.88. The van der Waals surface area contributed by atoms with Crippen molar-refractivity contribution < 1.29 is 0 Å². The summed E-state index contributed by atoms with van der Waals surface area (Å²) in [5.74, 6) is 2.18. The second-order valence-electron chi connectivity index (χ2n) is 3.36. The second kappa shape index (κ2) is 5.16. The first-order valence-corrected chi connectivity index (χ1v) is 6.45. The molecule has 0 N–H and O–H groups in total. The molecule has 0 aliphatic rings. The van der Waals surface area contributed by atoms with E-state index in [0.29, 0.717) is 12.2 Å². The maximum atomic E-state index is 11.8. The Morgan fingerprint density at radius 2 is 2.38 bits per heavy atom. The van der Waals surface area contributed by atoms with Crippen molar-refractivity contribution in [3.05, 3.63) is 29.1 Å². The van der Waals surface area contributed by atoms with Crippen LogP contribution in [0.3, 0.4) is 0 Å². The molecule has 86 valence electrons. The van der Waals surface area contributed by atoms with Crippen molar-refractivity contribution in [1.82, 2.24) is 19.2 Å². The predicted molar refractivity (Wildman–Crippen MR) is 64.9 cm³/mol. The van der Waals surface area contributed by atoms with Gasteiger partial charge in [0.25, 0.3) is 0 Å². The predicted octanol–water partition coefficient (Wildman–Crippen LogP) is 1.03. The first-order valence-electron chi connectivity index (χ1n) is 5.30. The SMILES string of the molecule is CCSCCCn1nc2cnccn2c1=O. The van der Waals surface area contributed by atoms with Crippen molar-refractivity contribution in [1.29, 1.82) is 0 Å². The summed E-state index contributed by atoms with van der Waals surface area (Å²) < 4.78 is 3.02. The average molecular weight is 238 g/mol. The zero-order valence-electron chi connectivity index (χ0n) is 9.17. The molecule has 0 aromatic carbocycles. The quantitative estimate of drug-likeness (QED) is 0.730. The van der Waals surface area contributed by atoms with Crippen LogP contribution in [0.25, 0.3) is 5.65 Å². The standard InChI is InChI=1S/C10H14N4OS/c1-2-16-7-3-5-14-10(15)13-6-4-11-8-9(13)12-14/h4,6,8H,2-3,5,7H2,1H3. The Hall–Kier alpha value is -1.30. The van der Waals surface area contributed by atoms with Crippen LogP contribution in [0.2, 0.25) is 0 Å². The van der Waals surface area contributed by atoms with E-state index in [2.05, 4.69) is 17.0 Å². The van der Waals surface area contributed by atoms with Crippen molar-refractivity contribution in [3.63, 3.8) is 0 Å². The van der Waals surface area contributed by atoms with Crippen molar-refractivity contribution in [3.8, 4) is 0 Å². The van der Waals surface area contributed by atoms with Gasteiger partial charge in [-0.2, -0.15) is 11.8 Å². The van der Waals surface area contributed by atoms with Crippen LogP contribution in [0.15, 0.2) is 23.4 Å². The van der Waals surface area contributed by atoms with E-state index < -0.39 is 0 Å². The normalized spacial score (nSPS) is 11.1. The third-order valence-corrected chi connectivity index (χ3v) is 3.24. The maximum absolute atomic E-state index is 11.8. The Morgan fingerprint density at radius 1 is 1.50 bits per heavy atom. The minimum absolute atomic E-state index is 0.0844. The maximum Gasteiger partial charge on any atom is 0.350 e. The smallest absolute Gasteiger partial charge is 0.259 e. The van der Waals surface area contributed by atoms with Crippen LogP contribution in [-0.2, 0) is 6.54 Å². The zero-order valence-corrected chi connectivity index (χ0v) is 9.98. The van der Waals surface area contributed by atoms with E-state index in [1.165, 1.54) is 9.08 Å². The number of aromatic nitrogens is 4. The summed E-state index contributed by atoms with van der Waals surface area (Å²) in [4.78, 5) is 15.8. The van der Waals surface area contributed by atoms with Crippen molar-refractivity contribution in [2.24, 2.45) is 0 Å². The third kappa shape index (κ3) is 2.27. The van der Waals surface area contributed by atoms with Gasteiger partial charge in [0.05, 0.1) is 6.20 Å². The Kier molecular flexibility index (Phi) is 3.61. The van der Waals surface area contributed by atoms with Gasteiger partial charge in [0.2, 0.25) is 0 Å². The highest BCUT2D eigenvalue weighted by atomic mass is 32.2. The summed E-state index contributed by atoms with van der Waals surface area (Å²) in [5, 5.41) is 4.21. The van der Waals surface area contributed by atoms with Gasteiger partial charge in [-0.25, -0.2) is 13.9 Å². The largest absolute Gasteiger partial charge is 0.350 e. The van der Waals surface area contributed by atoms with E-state index in [9.17, 15) is 4.79 Å². The molecule has 2 aromatic rings.